The Labute approximate surface area is 127 Å². The van der Waals surface area contributed by atoms with Crippen LogP contribution in [0.2, 0.25) is 0 Å². The zero-order valence-electron chi connectivity index (χ0n) is 10.3. The number of halogens is 1. The average molecular weight is 354 g/mol. The minimum atomic E-state index is 0.865. The van der Waals surface area contributed by atoms with E-state index in [-0.39, 0.29) is 0 Å². The summed E-state index contributed by atoms with van der Waals surface area (Å²) >= 11 is 6.86. The van der Waals surface area contributed by atoms with Gasteiger partial charge in [0.15, 0.2) is 5.13 Å². The molecule has 0 aliphatic rings. The summed E-state index contributed by atoms with van der Waals surface area (Å²) in [5, 5.41) is 7.58. The number of benzene rings is 1. The number of thiazole rings is 2. The van der Waals surface area contributed by atoms with Crippen molar-refractivity contribution >= 4 is 54.0 Å². The van der Waals surface area contributed by atoms with Crippen LogP contribution in [0.1, 0.15) is 10.7 Å². The number of hydrogen-bond donors (Lipinski definition) is 1. The molecule has 2 aromatic heterocycles. The van der Waals surface area contributed by atoms with Gasteiger partial charge in [-0.3, -0.25) is 0 Å². The minimum Gasteiger partial charge on any atom is -0.361 e. The molecule has 3 nitrogen and oxygen atoms in total. The van der Waals surface area contributed by atoms with Gasteiger partial charge in [0.2, 0.25) is 0 Å². The first-order valence-electron chi connectivity index (χ1n) is 5.92. The maximum Gasteiger partial charge on any atom is 0.183 e. The number of nitrogens with zero attached hydrogens (tertiary/aromatic N) is 2. The number of anilines is 1. The van der Waals surface area contributed by atoms with Crippen molar-refractivity contribution in [2.75, 3.05) is 11.9 Å². The smallest absolute Gasteiger partial charge is 0.183 e. The zero-order chi connectivity index (χ0) is 13.2. The largest absolute Gasteiger partial charge is 0.361 e. The van der Waals surface area contributed by atoms with E-state index in [2.05, 4.69) is 42.7 Å². The SMILES string of the molecule is Cc1nc(CCNc2nc3ccc(Br)cc3s2)cs1. The van der Waals surface area contributed by atoms with E-state index in [0.717, 1.165) is 38.8 Å². The Balaban J connectivity index is 1.65. The fraction of sp³-hybridized carbons (Fsp3) is 0.231. The monoisotopic (exact) mass is 353 g/mol. The highest BCUT2D eigenvalue weighted by molar-refractivity contribution is 9.10. The minimum absolute atomic E-state index is 0.865. The number of fused-ring (bicyclic) bond motifs is 1. The van der Waals surface area contributed by atoms with Gasteiger partial charge < -0.3 is 5.32 Å². The topological polar surface area (TPSA) is 37.8 Å². The second-order valence-electron chi connectivity index (χ2n) is 4.17. The van der Waals surface area contributed by atoms with Gasteiger partial charge in [-0.05, 0) is 25.1 Å². The molecule has 0 bridgehead atoms. The lowest BCUT2D eigenvalue weighted by Gasteiger charge is -1.99. The molecule has 0 atom stereocenters. The first kappa shape index (κ1) is 13.0. The van der Waals surface area contributed by atoms with E-state index in [4.69, 9.17) is 0 Å². The molecule has 19 heavy (non-hydrogen) atoms. The third-order valence-electron chi connectivity index (χ3n) is 2.67. The summed E-state index contributed by atoms with van der Waals surface area (Å²) in [5.74, 6) is 0. The quantitative estimate of drug-likeness (QED) is 0.751. The molecule has 2 heterocycles. The molecule has 0 saturated carbocycles. The van der Waals surface area contributed by atoms with Gasteiger partial charge in [0, 0.05) is 22.8 Å². The van der Waals surface area contributed by atoms with Crippen LogP contribution in [0.15, 0.2) is 28.1 Å². The second kappa shape index (κ2) is 5.56. The van der Waals surface area contributed by atoms with Crippen LogP contribution >= 0.6 is 38.6 Å². The first-order valence-corrected chi connectivity index (χ1v) is 8.40. The second-order valence-corrected chi connectivity index (χ2v) is 7.17. The summed E-state index contributed by atoms with van der Waals surface area (Å²) in [6.07, 6.45) is 0.934. The maximum absolute atomic E-state index is 4.56. The van der Waals surface area contributed by atoms with E-state index >= 15 is 0 Å². The highest BCUT2D eigenvalue weighted by Crippen LogP contribution is 2.28. The first-order chi connectivity index (χ1) is 9.20. The van der Waals surface area contributed by atoms with E-state index < -0.39 is 0 Å². The molecule has 0 radical (unpaired) electrons. The van der Waals surface area contributed by atoms with E-state index in [1.165, 1.54) is 4.70 Å². The Morgan fingerprint density at radius 3 is 3.00 bits per heavy atom. The highest BCUT2D eigenvalue weighted by atomic mass is 79.9. The summed E-state index contributed by atoms with van der Waals surface area (Å²) in [4.78, 5) is 9.01. The molecule has 1 N–H and O–H groups in total. The molecule has 0 unspecified atom stereocenters. The lowest BCUT2D eigenvalue weighted by molar-refractivity contribution is 0.967. The Kier molecular flexibility index (Phi) is 3.81. The molecule has 0 saturated heterocycles. The zero-order valence-corrected chi connectivity index (χ0v) is 13.5. The summed E-state index contributed by atoms with van der Waals surface area (Å²) in [7, 11) is 0. The van der Waals surface area contributed by atoms with Gasteiger partial charge in [0.05, 0.1) is 20.9 Å². The van der Waals surface area contributed by atoms with Crippen molar-refractivity contribution in [3.05, 3.63) is 38.8 Å². The molecule has 1 aromatic carbocycles. The summed E-state index contributed by atoms with van der Waals surface area (Å²) in [5.41, 5.74) is 2.19. The van der Waals surface area contributed by atoms with Crippen LogP contribution < -0.4 is 5.32 Å². The molecule has 0 fully saturated rings. The fourth-order valence-corrected chi connectivity index (χ4v) is 3.89. The predicted octanol–water partition coefficient (Wildman–Crippen LogP) is 4.48. The number of hydrogen-bond acceptors (Lipinski definition) is 5. The number of rotatable bonds is 4. The molecule has 0 aliphatic carbocycles. The highest BCUT2D eigenvalue weighted by Gasteiger charge is 2.04. The van der Waals surface area contributed by atoms with Crippen LogP contribution in [-0.2, 0) is 6.42 Å². The van der Waals surface area contributed by atoms with Crippen LogP contribution in [0.25, 0.3) is 10.2 Å². The number of aromatic nitrogens is 2. The molecular formula is C13H12BrN3S2. The number of aryl methyl sites for hydroxylation is 1. The van der Waals surface area contributed by atoms with Gasteiger partial charge in [0.25, 0.3) is 0 Å². The van der Waals surface area contributed by atoms with Gasteiger partial charge in [-0.2, -0.15) is 0 Å². The van der Waals surface area contributed by atoms with Crippen LogP contribution in [0, 0.1) is 6.92 Å². The molecule has 3 rings (SSSR count). The van der Waals surface area contributed by atoms with Gasteiger partial charge in [-0.15, -0.1) is 11.3 Å². The normalized spacial score (nSPS) is 11.1. The van der Waals surface area contributed by atoms with Crippen LogP contribution in [0.3, 0.4) is 0 Å². The van der Waals surface area contributed by atoms with E-state index in [1.807, 2.05) is 19.1 Å². The van der Waals surface area contributed by atoms with Gasteiger partial charge in [-0.1, -0.05) is 27.3 Å². The third-order valence-corrected chi connectivity index (χ3v) is 4.97. The summed E-state index contributed by atoms with van der Waals surface area (Å²) < 4.78 is 2.29. The fourth-order valence-electron chi connectivity index (χ4n) is 1.79. The Morgan fingerprint density at radius 2 is 2.21 bits per heavy atom. The Bertz CT molecular complexity index is 705. The van der Waals surface area contributed by atoms with Crippen molar-refractivity contribution in [1.29, 1.82) is 0 Å². The third kappa shape index (κ3) is 3.13. The van der Waals surface area contributed by atoms with Gasteiger partial charge >= 0.3 is 0 Å². The molecular weight excluding hydrogens is 342 g/mol. The Morgan fingerprint density at radius 1 is 1.32 bits per heavy atom. The summed E-state index contributed by atoms with van der Waals surface area (Å²) in [6, 6.07) is 6.15. The molecule has 3 aromatic rings. The predicted molar refractivity (Wildman–Crippen MR) is 86.4 cm³/mol. The van der Waals surface area contributed by atoms with Crippen molar-refractivity contribution in [2.45, 2.75) is 13.3 Å². The van der Waals surface area contributed by atoms with Gasteiger partial charge in [0.1, 0.15) is 0 Å². The van der Waals surface area contributed by atoms with E-state index in [9.17, 15) is 0 Å². The van der Waals surface area contributed by atoms with Crippen LogP contribution in [-0.4, -0.2) is 16.5 Å². The Hall–Kier alpha value is -0.980. The maximum atomic E-state index is 4.56. The summed E-state index contributed by atoms with van der Waals surface area (Å²) in [6.45, 7) is 2.90. The lowest BCUT2D eigenvalue weighted by atomic mass is 10.3. The van der Waals surface area contributed by atoms with Crippen molar-refractivity contribution in [3.63, 3.8) is 0 Å². The number of nitrogens with one attached hydrogen (secondary N) is 1. The molecule has 98 valence electrons. The van der Waals surface area contributed by atoms with Crippen molar-refractivity contribution < 1.29 is 0 Å². The van der Waals surface area contributed by atoms with Crippen molar-refractivity contribution in [1.82, 2.24) is 9.97 Å². The lowest BCUT2D eigenvalue weighted by Crippen LogP contribution is -2.04. The van der Waals surface area contributed by atoms with Crippen molar-refractivity contribution in [2.24, 2.45) is 0 Å². The van der Waals surface area contributed by atoms with Gasteiger partial charge in [-0.25, -0.2) is 9.97 Å². The van der Waals surface area contributed by atoms with Crippen LogP contribution in [0.5, 0.6) is 0 Å². The van der Waals surface area contributed by atoms with E-state index in [0.29, 0.717) is 0 Å². The van der Waals surface area contributed by atoms with E-state index in [1.54, 1.807) is 22.7 Å². The molecule has 6 heteroatoms. The van der Waals surface area contributed by atoms with Crippen molar-refractivity contribution in [3.8, 4) is 0 Å². The molecule has 0 spiro atoms. The van der Waals surface area contributed by atoms with Crippen LogP contribution in [0.4, 0.5) is 5.13 Å². The average Bonchev–Trinajstić information content (AvgIpc) is 2.95. The molecule has 0 aliphatic heterocycles. The molecule has 0 amide bonds. The standard InChI is InChI=1S/C13H12BrN3S2/c1-8-16-10(7-18-8)4-5-15-13-17-11-3-2-9(14)6-12(11)19-13/h2-3,6-7H,4-5H2,1H3,(H,15,17).